The summed E-state index contributed by atoms with van der Waals surface area (Å²) < 4.78 is 5.01. The number of aromatic nitrogens is 3. The van der Waals surface area contributed by atoms with Gasteiger partial charge in [0.15, 0.2) is 0 Å². The van der Waals surface area contributed by atoms with Crippen molar-refractivity contribution in [2.75, 3.05) is 6.54 Å². The number of carbonyl (C=O) groups is 2. The minimum atomic E-state index is -0.255. The average molecular weight is 343 g/mol. The molecule has 2 aromatic rings. The van der Waals surface area contributed by atoms with Gasteiger partial charge in [0, 0.05) is 13.5 Å². The lowest BCUT2D eigenvalue weighted by Crippen LogP contribution is -2.29. The maximum absolute atomic E-state index is 12.3. The zero-order chi connectivity index (χ0) is 18.0. The van der Waals surface area contributed by atoms with E-state index < -0.39 is 0 Å². The number of carbonyl (C=O) groups excluding carboxylic acids is 2. The molecule has 1 atom stereocenters. The molecule has 1 N–H and O–H groups in total. The molecule has 1 aliphatic heterocycles. The van der Waals surface area contributed by atoms with Crippen molar-refractivity contribution in [2.45, 2.75) is 46.2 Å². The monoisotopic (exact) mass is 343 g/mol. The molecule has 2 amide bonds. The molecule has 0 aromatic carbocycles. The molecule has 0 bridgehead atoms. The third-order valence-electron chi connectivity index (χ3n) is 4.39. The summed E-state index contributed by atoms with van der Waals surface area (Å²) in [5.41, 5.74) is 2.41. The summed E-state index contributed by atoms with van der Waals surface area (Å²) in [4.78, 5) is 34.6. The summed E-state index contributed by atoms with van der Waals surface area (Å²) in [7, 11) is 0. The highest BCUT2D eigenvalue weighted by Crippen LogP contribution is 2.30. The van der Waals surface area contributed by atoms with Gasteiger partial charge in [0.05, 0.1) is 42.1 Å². The van der Waals surface area contributed by atoms with Crippen LogP contribution in [0, 0.1) is 13.8 Å². The number of likely N-dealkylation sites (tertiary alicyclic amines) is 1. The minimum absolute atomic E-state index is 0.0387. The zero-order valence-electron chi connectivity index (χ0n) is 14.6. The zero-order valence-corrected chi connectivity index (χ0v) is 14.6. The van der Waals surface area contributed by atoms with Crippen molar-refractivity contribution in [3.05, 3.63) is 40.8 Å². The first-order valence-corrected chi connectivity index (χ1v) is 8.26. The van der Waals surface area contributed by atoms with Gasteiger partial charge in [-0.3, -0.25) is 19.6 Å². The van der Waals surface area contributed by atoms with Crippen LogP contribution >= 0.6 is 0 Å². The molecule has 1 aliphatic rings. The second kappa shape index (κ2) is 7.00. The van der Waals surface area contributed by atoms with Gasteiger partial charge in [0.25, 0.3) is 5.91 Å². The van der Waals surface area contributed by atoms with Crippen LogP contribution in [0.15, 0.2) is 16.9 Å². The fraction of sp³-hybridized carbons (Fsp3) is 0.471. The quantitative estimate of drug-likeness (QED) is 0.906. The van der Waals surface area contributed by atoms with Gasteiger partial charge in [0.1, 0.15) is 11.3 Å². The van der Waals surface area contributed by atoms with Gasteiger partial charge in [-0.2, -0.15) is 0 Å². The Kier molecular flexibility index (Phi) is 4.78. The Bertz CT molecular complexity index is 782. The number of rotatable bonds is 4. The second-order valence-corrected chi connectivity index (χ2v) is 6.19. The Morgan fingerprint density at radius 3 is 2.84 bits per heavy atom. The number of aryl methyl sites for hydroxylation is 2. The van der Waals surface area contributed by atoms with Crippen LogP contribution in [0.25, 0.3) is 0 Å². The molecule has 3 heterocycles. The van der Waals surface area contributed by atoms with E-state index in [-0.39, 0.29) is 24.4 Å². The third-order valence-corrected chi connectivity index (χ3v) is 4.39. The number of hydrogen-bond donors (Lipinski definition) is 1. The topological polar surface area (TPSA) is 101 Å². The molecule has 132 valence electrons. The highest BCUT2D eigenvalue weighted by Gasteiger charge is 2.29. The molecular formula is C17H21N5O3. The van der Waals surface area contributed by atoms with E-state index in [9.17, 15) is 9.59 Å². The molecule has 0 radical (unpaired) electrons. The summed E-state index contributed by atoms with van der Waals surface area (Å²) >= 11 is 0. The van der Waals surface area contributed by atoms with Crippen molar-refractivity contribution in [3.8, 4) is 0 Å². The van der Waals surface area contributed by atoms with Crippen LogP contribution in [-0.4, -0.2) is 38.4 Å². The molecule has 2 aromatic heterocycles. The molecule has 0 spiro atoms. The largest absolute Gasteiger partial charge is 0.361 e. The summed E-state index contributed by atoms with van der Waals surface area (Å²) in [6, 6.07) is -0.0387. The summed E-state index contributed by atoms with van der Waals surface area (Å²) in [6.07, 6.45) is 5.14. The summed E-state index contributed by atoms with van der Waals surface area (Å²) in [5.74, 6) is 0.272. The van der Waals surface area contributed by atoms with E-state index in [4.69, 9.17) is 4.52 Å². The molecule has 0 saturated carbocycles. The Morgan fingerprint density at radius 1 is 1.36 bits per heavy atom. The van der Waals surface area contributed by atoms with Gasteiger partial charge >= 0.3 is 0 Å². The van der Waals surface area contributed by atoms with E-state index in [0.29, 0.717) is 22.7 Å². The first kappa shape index (κ1) is 17.1. The smallest absolute Gasteiger partial charge is 0.257 e. The molecule has 8 heteroatoms. The highest BCUT2D eigenvalue weighted by molar-refractivity contribution is 5.95. The third kappa shape index (κ3) is 3.52. The number of hydrogen-bond acceptors (Lipinski definition) is 6. The fourth-order valence-electron chi connectivity index (χ4n) is 3.19. The van der Waals surface area contributed by atoms with Gasteiger partial charge in [0.2, 0.25) is 5.91 Å². The maximum atomic E-state index is 12.3. The predicted octanol–water partition coefficient (Wildman–Crippen LogP) is 1.69. The molecule has 25 heavy (non-hydrogen) atoms. The van der Waals surface area contributed by atoms with Gasteiger partial charge in [-0.05, 0) is 26.7 Å². The van der Waals surface area contributed by atoms with Crippen LogP contribution in [0.2, 0.25) is 0 Å². The van der Waals surface area contributed by atoms with Crippen molar-refractivity contribution >= 4 is 11.8 Å². The van der Waals surface area contributed by atoms with Crippen molar-refractivity contribution in [1.82, 2.24) is 25.3 Å². The Hall–Kier alpha value is -2.77. The maximum Gasteiger partial charge on any atom is 0.257 e. The van der Waals surface area contributed by atoms with Gasteiger partial charge < -0.3 is 14.7 Å². The van der Waals surface area contributed by atoms with Crippen LogP contribution in [0.3, 0.4) is 0 Å². The van der Waals surface area contributed by atoms with E-state index in [0.717, 1.165) is 25.1 Å². The van der Waals surface area contributed by atoms with E-state index in [1.807, 2.05) is 4.90 Å². The first-order valence-electron chi connectivity index (χ1n) is 8.26. The first-order chi connectivity index (χ1) is 12.0. The molecule has 8 nitrogen and oxygen atoms in total. The molecule has 0 unspecified atom stereocenters. The Labute approximate surface area is 145 Å². The lowest BCUT2D eigenvalue weighted by atomic mass is 10.1. The average Bonchev–Trinajstić information content (AvgIpc) is 3.20. The Morgan fingerprint density at radius 2 is 2.16 bits per heavy atom. The summed E-state index contributed by atoms with van der Waals surface area (Å²) in [5, 5.41) is 6.60. The van der Waals surface area contributed by atoms with E-state index >= 15 is 0 Å². The minimum Gasteiger partial charge on any atom is -0.361 e. The van der Waals surface area contributed by atoms with Crippen LogP contribution < -0.4 is 5.32 Å². The molecule has 1 fully saturated rings. The van der Waals surface area contributed by atoms with Crippen molar-refractivity contribution < 1.29 is 14.1 Å². The predicted molar refractivity (Wildman–Crippen MR) is 88.5 cm³/mol. The van der Waals surface area contributed by atoms with Crippen LogP contribution in [-0.2, 0) is 11.3 Å². The fourth-order valence-corrected chi connectivity index (χ4v) is 3.19. The standard InChI is InChI=1S/C17H21N5O3/c1-10-16(11(2)25-21-10)17(24)19-8-13-7-18-9-14(20-13)15-5-4-6-22(15)12(3)23/h7,9,15H,4-6,8H2,1-3H3,(H,19,24)/t15-/m0/s1. The summed E-state index contributed by atoms with van der Waals surface area (Å²) in [6.45, 7) is 5.98. The Balaban J connectivity index is 1.70. The van der Waals surface area contributed by atoms with Crippen molar-refractivity contribution in [1.29, 1.82) is 0 Å². The second-order valence-electron chi connectivity index (χ2n) is 6.19. The van der Waals surface area contributed by atoms with Crippen LogP contribution in [0.1, 0.15) is 59.0 Å². The van der Waals surface area contributed by atoms with Gasteiger partial charge in [-0.1, -0.05) is 5.16 Å². The van der Waals surface area contributed by atoms with Crippen molar-refractivity contribution in [2.24, 2.45) is 0 Å². The van der Waals surface area contributed by atoms with Crippen LogP contribution in [0.5, 0.6) is 0 Å². The number of nitrogens with zero attached hydrogens (tertiary/aromatic N) is 4. The van der Waals surface area contributed by atoms with Crippen molar-refractivity contribution in [3.63, 3.8) is 0 Å². The van der Waals surface area contributed by atoms with Crippen LogP contribution in [0.4, 0.5) is 0 Å². The van der Waals surface area contributed by atoms with E-state index in [2.05, 4.69) is 20.4 Å². The molecule has 3 rings (SSSR count). The molecule has 0 aliphatic carbocycles. The SMILES string of the molecule is CC(=O)N1CCC[C@H]1c1cncc(CNC(=O)c2c(C)noc2C)n1. The lowest BCUT2D eigenvalue weighted by molar-refractivity contribution is -0.129. The van der Waals surface area contributed by atoms with E-state index in [1.165, 1.54) is 0 Å². The normalized spacial score (nSPS) is 16.9. The van der Waals surface area contributed by atoms with Gasteiger partial charge in [-0.25, -0.2) is 0 Å². The van der Waals surface area contributed by atoms with Gasteiger partial charge in [-0.15, -0.1) is 0 Å². The lowest BCUT2D eigenvalue weighted by Gasteiger charge is -2.22. The number of amides is 2. The highest BCUT2D eigenvalue weighted by atomic mass is 16.5. The van der Waals surface area contributed by atoms with E-state index in [1.54, 1.807) is 33.2 Å². The molecular weight excluding hydrogens is 322 g/mol. The number of nitrogens with one attached hydrogen (secondary N) is 1. The molecule has 1 saturated heterocycles.